The molecule has 7 heteroatoms. The Hall–Kier alpha value is -2.60. The van der Waals surface area contributed by atoms with Crippen LogP contribution in [0.5, 0.6) is 5.88 Å². The molecule has 2 aromatic rings. The number of nitrogens with zero attached hydrogens (tertiary/aromatic N) is 2. The second-order valence-electron chi connectivity index (χ2n) is 5.76. The molecule has 0 spiro atoms. The van der Waals surface area contributed by atoms with Gasteiger partial charge >= 0.3 is 6.03 Å². The summed E-state index contributed by atoms with van der Waals surface area (Å²) in [6.07, 6.45) is 2.03. The van der Waals surface area contributed by atoms with Crippen LogP contribution < -0.4 is 10.1 Å². The highest BCUT2D eigenvalue weighted by Crippen LogP contribution is 2.34. The van der Waals surface area contributed by atoms with E-state index in [1.54, 1.807) is 42.6 Å². The normalized spacial score (nSPS) is 19.9. The van der Waals surface area contributed by atoms with Crippen LogP contribution in [-0.2, 0) is 16.9 Å². The zero-order valence-electron chi connectivity index (χ0n) is 14.0. The van der Waals surface area contributed by atoms with Crippen molar-refractivity contribution >= 4 is 23.5 Å². The van der Waals surface area contributed by atoms with E-state index in [1.807, 2.05) is 6.92 Å². The fourth-order valence-electron chi connectivity index (χ4n) is 3.04. The summed E-state index contributed by atoms with van der Waals surface area (Å²) in [5, 5.41) is 3.42. The number of carbonyl (C=O) groups is 2. The van der Waals surface area contributed by atoms with Crippen LogP contribution in [0.2, 0.25) is 5.02 Å². The minimum atomic E-state index is -1.09. The summed E-state index contributed by atoms with van der Waals surface area (Å²) in [6, 6.07) is 10.0. The smallest absolute Gasteiger partial charge is 0.325 e. The number of nitrogens with one attached hydrogen (secondary N) is 1. The monoisotopic (exact) mass is 359 g/mol. The van der Waals surface area contributed by atoms with Crippen LogP contribution in [-0.4, -0.2) is 28.9 Å². The Morgan fingerprint density at radius 2 is 1.96 bits per heavy atom. The molecule has 2 heterocycles. The van der Waals surface area contributed by atoms with Gasteiger partial charge in [-0.1, -0.05) is 36.7 Å². The minimum Gasteiger partial charge on any atom is -0.481 e. The molecule has 1 aliphatic heterocycles. The molecule has 0 saturated carbocycles. The van der Waals surface area contributed by atoms with Crippen molar-refractivity contribution in [2.45, 2.75) is 25.4 Å². The lowest BCUT2D eigenvalue weighted by molar-refractivity contribution is -0.132. The number of aromatic nitrogens is 1. The molecule has 3 rings (SSSR count). The summed E-state index contributed by atoms with van der Waals surface area (Å²) in [5.41, 5.74) is 0.284. The van der Waals surface area contributed by atoms with E-state index < -0.39 is 11.6 Å². The molecule has 1 N–H and O–H groups in total. The number of amides is 3. The van der Waals surface area contributed by atoms with Gasteiger partial charge in [0.05, 0.1) is 13.7 Å². The number of pyridine rings is 1. The maximum atomic E-state index is 13.1. The number of hydrogen-bond donors (Lipinski definition) is 1. The lowest BCUT2D eigenvalue weighted by Crippen LogP contribution is -2.43. The highest BCUT2D eigenvalue weighted by molar-refractivity contribution is 6.30. The first-order chi connectivity index (χ1) is 12.0. The first-order valence-corrected chi connectivity index (χ1v) is 8.27. The minimum absolute atomic E-state index is 0.0943. The van der Waals surface area contributed by atoms with Crippen LogP contribution in [0, 0.1) is 0 Å². The molecule has 0 aliphatic carbocycles. The van der Waals surface area contributed by atoms with Crippen molar-refractivity contribution in [3.05, 3.63) is 58.7 Å². The Morgan fingerprint density at radius 1 is 1.24 bits per heavy atom. The summed E-state index contributed by atoms with van der Waals surface area (Å²) in [5.74, 6) is 0.0943. The quantitative estimate of drug-likeness (QED) is 0.833. The fourth-order valence-corrected chi connectivity index (χ4v) is 3.17. The maximum absolute atomic E-state index is 13.1. The first kappa shape index (κ1) is 17.2. The number of rotatable bonds is 5. The van der Waals surface area contributed by atoms with Crippen molar-refractivity contribution in [1.29, 1.82) is 0 Å². The number of imide groups is 1. The highest BCUT2D eigenvalue weighted by Gasteiger charge is 2.51. The molecule has 6 nitrogen and oxygen atoms in total. The SMILES string of the molecule is CCC1(c2ccc(Cl)cc2)NC(=O)N(Cc2cccnc2OC)C1=O. The van der Waals surface area contributed by atoms with Crippen LogP contribution in [0.3, 0.4) is 0 Å². The van der Waals surface area contributed by atoms with E-state index in [-0.39, 0.29) is 12.5 Å². The van der Waals surface area contributed by atoms with Crippen LogP contribution in [0.15, 0.2) is 42.6 Å². The van der Waals surface area contributed by atoms with Crippen molar-refractivity contribution in [1.82, 2.24) is 15.2 Å². The van der Waals surface area contributed by atoms with Crippen molar-refractivity contribution in [3.63, 3.8) is 0 Å². The van der Waals surface area contributed by atoms with Gasteiger partial charge in [-0.05, 0) is 30.2 Å². The largest absolute Gasteiger partial charge is 0.481 e. The summed E-state index contributed by atoms with van der Waals surface area (Å²) in [7, 11) is 1.50. The van der Waals surface area contributed by atoms with E-state index >= 15 is 0 Å². The zero-order chi connectivity index (χ0) is 18.0. The number of halogens is 1. The molecule has 1 saturated heterocycles. The average Bonchev–Trinajstić information content (AvgIpc) is 2.88. The topological polar surface area (TPSA) is 71.5 Å². The first-order valence-electron chi connectivity index (χ1n) is 7.90. The molecule has 1 fully saturated rings. The maximum Gasteiger partial charge on any atom is 0.325 e. The van der Waals surface area contributed by atoms with E-state index in [1.165, 1.54) is 12.0 Å². The summed E-state index contributed by atoms with van der Waals surface area (Å²) < 4.78 is 5.21. The Morgan fingerprint density at radius 3 is 2.60 bits per heavy atom. The number of urea groups is 1. The number of methoxy groups -OCH3 is 1. The average molecular weight is 360 g/mol. The van der Waals surface area contributed by atoms with Gasteiger partial charge in [0, 0.05) is 16.8 Å². The van der Waals surface area contributed by atoms with Crippen molar-refractivity contribution in [3.8, 4) is 5.88 Å². The molecular weight excluding hydrogens is 342 g/mol. The molecule has 25 heavy (non-hydrogen) atoms. The number of ether oxygens (including phenoxy) is 1. The predicted molar refractivity (Wildman–Crippen MR) is 93.3 cm³/mol. The molecule has 130 valence electrons. The van der Waals surface area contributed by atoms with Gasteiger partial charge in [0.25, 0.3) is 5.91 Å². The fraction of sp³-hybridized carbons (Fsp3) is 0.278. The van der Waals surface area contributed by atoms with Gasteiger partial charge in [-0.15, -0.1) is 0 Å². The number of hydrogen-bond acceptors (Lipinski definition) is 4. The van der Waals surface area contributed by atoms with E-state index in [9.17, 15) is 9.59 Å². The van der Waals surface area contributed by atoms with Gasteiger partial charge in [0.15, 0.2) is 0 Å². The molecule has 0 bridgehead atoms. The van der Waals surface area contributed by atoms with Crippen LogP contribution in [0.1, 0.15) is 24.5 Å². The predicted octanol–water partition coefficient (Wildman–Crippen LogP) is 3.10. The van der Waals surface area contributed by atoms with Crippen LogP contribution in [0.25, 0.3) is 0 Å². The Kier molecular flexibility index (Phi) is 4.63. The van der Waals surface area contributed by atoms with Gasteiger partial charge < -0.3 is 10.1 Å². The molecule has 1 unspecified atom stereocenters. The van der Waals surface area contributed by atoms with Gasteiger partial charge in [-0.25, -0.2) is 9.78 Å². The van der Waals surface area contributed by atoms with Crippen molar-refractivity contribution in [2.24, 2.45) is 0 Å². The molecule has 1 aromatic heterocycles. The molecule has 3 amide bonds. The van der Waals surface area contributed by atoms with Crippen molar-refractivity contribution < 1.29 is 14.3 Å². The van der Waals surface area contributed by atoms with Gasteiger partial charge in [-0.2, -0.15) is 0 Å². The van der Waals surface area contributed by atoms with Gasteiger partial charge in [-0.3, -0.25) is 9.69 Å². The van der Waals surface area contributed by atoms with E-state index in [4.69, 9.17) is 16.3 Å². The van der Waals surface area contributed by atoms with E-state index in [0.717, 1.165) is 0 Å². The van der Waals surface area contributed by atoms with E-state index in [0.29, 0.717) is 28.5 Å². The Labute approximate surface area is 150 Å². The summed E-state index contributed by atoms with van der Waals surface area (Å²) >= 11 is 5.94. The third kappa shape index (κ3) is 2.93. The lowest BCUT2D eigenvalue weighted by Gasteiger charge is -2.26. The zero-order valence-corrected chi connectivity index (χ0v) is 14.7. The molecular formula is C18H18ClN3O3. The molecule has 1 aliphatic rings. The second kappa shape index (κ2) is 6.72. The third-order valence-corrected chi connectivity index (χ3v) is 4.67. The Balaban J connectivity index is 1.94. The summed E-state index contributed by atoms with van der Waals surface area (Å²) in [6.45, 7) is 1.96. The van der Waals surface area contributed by atoms with Crippen LogP contribution >= 0.6 is 11.6 Å². The number of benzene rings is 1. The lowest BCUT2D eigenvalue weighted by atomic mass is 9.87. The standard InChI is InChI=1S/C18H18ClN3O3/c1-3-18(13-6-8-14(19)9-7-13)16(23)22(17(24)21-18)11-12-5-4-10-20-15(12)25-2/h4-10H,3,11H2,1-2H3,(H,21,24). The van der Waals surface area contributed by atoms with Gasteiger partial charge in [0.1, 0.15) is 5.54 Å². The molecule has 1 atom stereocenters. The highest BCUT2D eigenvalue weighted by atomic mass is 35.5. The third-order valence-electron chi connectivity index (χ3n) is 4.41. The molecule has 0 radical (unpaired) electrons. The molecule has 1 aromatic carbocycles. The van der Waals surface area contributed by atoms with Crippen LogP contribution in [0.4, 0.5) is 4.79 Å². The number of carbonyl (C=O) groups excluding carboxylic acids is 2. The second-order valence-corrected chi connectivity index (χ2v) is 6.20. The van der Waals surface area contributed by atoms with Gasteiger partial charge in [0.2, 0.25) is 5.88 Å². The van der Waals surface area contributed by atoms with Crippen molar-refractivity contribution in [2.75, 3.05) is 7.11 Å². The Bertz CT molecular complexity index is 809. The van der Waals surface area contributed by atoms with E-state index in [2.05, 4.69) is 10.3 Å². The summed E-state index contributed by atoms with van der Waals surface area (Å²) in [4.78, 5) is 30.9.